The molecule has 1 fully saturated rings. The predicted octanol–water partition coefficient (Wildman–Crippen LogP) is 1.92. The molecule has 1 aromatic carbocycles. The van der Waals surface area contributed by atoms with E-state index in [2.05, 4.69) is 0 Å². The minimum Gasteiger partial charge on any atom is -0.504 e. The lowest BCUT2D eigenvalue weighted by atomic mass is 10.0. The minimum absolute atomic E-state index is 0.0103. The Labute approximate surface area is 121 Å². The van der Waals surface area contributed by atoms with Gasteiger partial charge in [0.1, 0.15) is 16.3 Å². The first-order valence-corrected chi connectivity index (χ1v) is 7.87. The van der Waals surface area contributed by atoms with Gasteiger partial charge in [-0.3, -0.25) is 0 Å². The predicted molar refractivity (Wildman–Crippen MR) is 73.5 cm³/mol. The molecular weight excluding hydrogens is 309 g/mol. The van der Waals surface area contributed by atoms with Gasteiger partial charge in [-0.25, -0.2) is 12.8 Å². The number of aromatic hydroxyl groups is 1. The highest BCUT2D eigenvalue weighted by molar-refractivity contribution is 7.93. The van der Waals surface area contributed by atoms with E-state index in [-0.39, 0.29) is 36.8 Å². The van der Waals surface area contributed by atoms with E-state index < -0.39 is 31.9 Å². The number of anilines is 1. The second-order valence-electron chi connectivity index (χ2n) is 4.75. The Hall–Kier alpha value is -1.05. The highest BCUT2D eigenvalue weighted by atomic mass is 35.5. The van der Waals surface area contributed by atoms with E-state index in [1.54, 1.807) is 0 Å². The fourth-order valence-corrected chi connectivity index (χ4v) is 4.69. The lowest BCUT2D eigenvalue weighted by Crippen LogP contribution is -2.46. The van der Waals surface area contributed by atoms with Crippen molar-refractivity contribution >= 4 is 27.1 Å². The third kappa shape index (κ3) is 2.23. The van der Waals surface area contributed by atoms with Crippen molar-refractivity contribution in [1.29, 1.82) is 0 Å². The molecule has 1 aliphatic heterocycles. The molecule has 0 amide bonds. The smallest absolute Gasteiger partial charge is 0.192 e. The van der Waals surface area contributed by atoms with E-state index in [4.69, 9.17) is 22.1 Å². The molecule has 0 aliphatic carbocycles. The molecule has 0 unspecified atom stereocenters. The number of ether oxygens (including phenoxy) is 1. The third-order valence-electron chi connectivity index (χ3n) is 3.60. The van der Waals surface area contributed by atoms with Crippen LogP contribution in [0.5, 0.6) is 5.75 Å². The topological polar surface area (TPSA) is 89.6 Å². The van der Waals surface area contributed by atoms with Gasteiger partial charge in [0.25, 0.3) is 0 Å². The van der Waals surface area contributed by atoms with Gasteiger partial charge >= 0.3 is 0 Å². The van der Waals surface area contributed by atoms with Gasteiger partial charge in [0, 0.05) is 13.2 Å². The van der Waals surface area contributed by atoms with Gasteiger partial charge in [-0.05, 0) is 25.0 Å². The molecule has 8 heteroatoms. The summed E-state index contributed by atoms with van der Waals surface area (Å²) in [5, 5.41) is 9.74. The summed E-state index contributed by atoms with van der Waals surface area (Å²) in [5.74, 6) is -0.628. The van der Waals surface area contributed by atoms with Gasteiger partial charge in [-0.15, -0.1) is 0 Å². The van der Waals surface area contributed by atoms with Gasteiger partial charge < -0.3 is 15.6 Å². The lowest BCUT2D eigenvalue weighted by molar-refractivity contribution is 0.0674. The molecule has 1 heterocycles. The average Bonchev–Trinajstić information content (AvgIpc) is 2.43. The van der Waals surface area contributed by atoms with Gasteiger partial charge in [-0.1, -0.05) is 11.6 Å². The van der Waals surface area contributed by atoms with Gasteiger partial charge in [0.2, 0.25) is 0 Å². The van der Waals surface area contributed by atoms with Crippen LogP contribution in [0.25, 0.3) is 0 Å². The Morgan fingerprint density at radius 3 is 2.55 bits per heavy atom. The van der Waals surface area contributed by atoms with E-state index >= 15 is 0 Å². The van der Waals surface area contributed by atoms with Gasteiger partial charge in [-0.2, -0.15) is 0 Å². The average molecular weight is 324 g/mol. The zero-order valence-corrected chi connectivity index (χ0v) is 12.2. The van der Waals surface area contributed by atoms with E-state index in [1.807, 2.05) is 0 Å². The monoisotopic (exact) mass is 323 g/mol. The number of nitrogen functional groups attached to an aromatic ring is 1. The molecule has 2 rings (SSSR count). The first-order valence-electron chi connectivity index (χ1n) is 6.01. The van der Waals surface area contributed by atoms with Crippen molar-refractivity contribution in [3.63, 3.8) is 0 Å². The molecule has 3 N–H and O–H groups in total. The fourth-order valence-electron chi connectivity index (χ4n) is 2.25. The third-order valence-corrected chi connectivity index (χ3v) is 6.64. The van der Waals surface area contributed by atoms with Crippen LogP contribution in [0.15, 0.2) is 17.0 Å². The number of phenolic OH excluding ortho intramolecular Hbond substituents is 1. The van der Waals surface area contributed by atoms with Crippen molar-refractivity contribution in [2.75, 3.05) is 25.6 Å². The number of alkyl halides is 1. The Bertz CT molecular complexity index is 614. The Balaban J connectivity index is 2.63. The van der Waals surface area contributed by atoms with E-state index in [1.165, 1.54) is 12.1 Å². The molecule has 0 atom stereocenters. The summed E-state index contributed by atoms with van der Waals surface area (Å²) < 4.78 is 42.4. The number of phenols is 1. The molecular formula is C12H15ClFNO4S. The fraction of sp³-hybridized carbons (Fsp3) is 0.500. The van der Waals surface area contributed by atoms with Crippen molar-refractivity contribution in [1.82, 2.24) is 0 Å². The molecule has 5 nitrogen and oxygen atoms in total. The van der Waals surface area contributed by atoms with Crippen LogP contribution < -0.4 is 5.73 Å². The molecule has 1 aliphatic rings. The second-order valence-corrected chi connectivity index (χ2v) is 7.44. The van der Waals surface area contributed by atoms with E-state index in [0.717, 1.165) is 0 Å². The minimum atomic E-state index is -4.17. The number of nitrogens with two attached hydrogens (primary N) is 1. The maximum atomic E-state index is 13.5. The first kappa shape index (κ1) is 15.3. The number of halogens is 2. The molecule has 0 bridgehead atoms. The molecule has 1 aromatic rings. The summed E-state index contributed by atoms with van der Waals surface area (Å²) in [7, 11) is -4.17. The van der Waals surface area contributed by atoms with Gasteiger partial charge in [0.15, 0.2) is 15.6 Å². The number of rotatable bonds is 3. The zero-order chi connectivity index (χ0) is 15.0. The van der Waals surface area contributed by atoms with Crippen molar-refractivity contribution in [2.24, 2.45) is 0 Å². The summed E-state index contributed by atoms with van der Waals surface area (Å²) in [5.41, 5.74) is 5.39. The van der Waals surface area contributed by atoms with Crippen LogP contribution in [0.3, 0.4) is 0 Å². The lowest BCUT2D eigenvalue weighted by Gasteiger charge is -2.34. The molecule has 0 radical (unpaired) electrons. The normalized spacial score (nSPS) is 18.9. The number of benzene rings is 1. The zero-order valence-electron chi connectivity index (χ0n) is 10.6. The molecule has 112 valence electrons. The Kier molecular flexibility index (Phi) is 4.13. The molecule has 1 saturated heterocycles. The summed E-state index contributed by atoms with van der Waals surface area (Å²) in [6.07, 6.45) is 0.0206. The Morgan fingerprint density at radius 2 is 2.00 bits per heavy atom. The van der Waals surface area contributed by atoms with Gasteiger partial charge in [0.05, 0.1) is 10.7 Å². The number of sulfone groups is 1. The summed E-state index contributed by atoms with van der Waals surface area (Å²) in [6, 6.07) is 2.57. The highest BCUT2D eigenvalue weighted by Crippen LogP contribution is 2.43. The molecule has 0 spiro atoms. The van der Waals surface area contributed by atoms with Crippen LogP contribution in [0.1, 0.15) is 12.8 Å². The van der Waals surface area contributed by atoms with Crippen LogP contribution in [0.4, 0.5) is 10.1 Å². The van der Waals surface area contributed by atoms with Crippen molar-refractivity contribution in [2.45, 2.75) is 22.5 Å². The summed E-state index contributed by atoms with van der Waals surface area (Å²) >= 11 is 5.88. The van der Waals surface area contributed by atoms with Crippen molar-refractivity contribution in [3.8, 4) is 5.75 Å². The van der Waals surface area contributed by atoms with E-state index in [0.29, 0.717) is 0 Å². The number of hydrogen-bond donors (Lipinski definition) is 2. The first-order chi connectivity index (χ1) is 9.35. The molecule has 20 heavy (non-hydrogen) atoms. The maximum absolute atomic E-state index is 13.5. The molecule has 0 aromatic heterocycles. The maximum Gasteiger partial charge on any atom is 0.192 e. The van der Waals surface area contributed by atoms with Crippen LogP contribution >= 0.6 is 11.6 Å². The van der Waals surface area contributed by atoms with Crippen LogP contribution in [-0.2, 0) is 14.6 Å². The van der Waals surface area contributed by atoms with Crippen molar-refractivity contribution < 1.29 is 22.7 Å². The molecule has 0 saturated carbocycles. The second kappa shape index (κ2) is 5.38. The van der Waals surface area contributed by atoms with Crippen molar-refractivity contribution in [3.05, 3.63) is 17.2 Å². The Morgan fingerprint density at radius 1 is 1.40 bits per heavy atom. The summed E-state index contributed by atoms with van der Waals surface area (Å²) in [4.78, 5) is -0.501. The number of hydrogen-bond acceptors (Lipinski definition) is 5. The van der Waals surface area contributed by atoms with Crippen LogP contribution in [-0.4, -0.2) is 38.2 Å². The standard InChI is InChI=1S/C12H15ClFNO4S/c13-8-1-2-9(15)10(16)11(8)20(17,18)12(7-14)3-5-19-6-4-12/h1-2,16H,3-7,15H2. The quantitative estimate of drug-likeness (QED) is 0.655. The SMILES string of the molecule is Nc1ccc(Cl)c(S(=O)(=O)C2(CF)CCOCC2)c1O. The largest absolute Gasteiger partial charge is 0.504 e. The summed E-state index contributed by atoms with van der Waals surface area (Å²) in [6.45, 7) is -0.781. The van der Waals surface area contributed by atoms with Crippen LogP contribution in [0.2, 0.25) is 5.02 Å². The van der Waals surface area contributed by atoms with E-state index in [9.17, 15) is 17.9 Å². The highest BCUT2D eigenvalue weighted by Gasteiger charge is 2.48. The van der Waals surface area contributed by atoms with Crippen LogP contribution in [0, 0.1) is 0 Å².